The maximum atomic E-state index is 12.2. The Bertz CT molecular complexity index is 569. The Kier molecular flexibility index (Phi) is 4.82. The van der Waals surface area contributed by atoms with Crippen LogP contribution in [0, 0.1) is 23.0 Å². The predicted molar refractivity (Wildman–Crippen MR) is 84.5 cm³/mol. The lowest BCUT2D eigenvalue weighted by molar-refractivity contribution is -0.385. The quantitative estimate of drug-likeness (QED) is 0.644. The van der Waals surface area contributed by atoms with Crippen molar-refractivity contribution in [3.8, 4) is 0 Å². The van der Waals surface area contributed by atoms with Gasteiger partial charge in [0, 0.05) is 29.2 Å². The van der Waals surface area contributed by atoms with Gasteiger partial charge in [-0.25, -0.2) is 4.79 Å². The number of halogens is 1. The summed E-state index contributed by atoms with van der Waals surface area (Å²) in [4.78, 5) is 24.5. The smallest absolute Gasteiger partial charge is 0.321 e. The van der Waals surface area contributed by atoms with Crippen LogP contribution in [-0.2, 0) is 0 Å². The second-order valence-electron chi connectivity index (χ2n) is 5.48. The first kappa shape index (κ1) is 15.8. The number of benzene rings is 1. The number of nitro groups is 1. The predicted octanol–water partition coefficient (Wildman–Crippen LogP) is 3.93. The van der Waals surface area contributed by atoms with E-state index in [4.69, 9.17) is 0 Å². The van der Waals surface area contributed by atoms with Crippen molar-refractivity contribution in [3.63, 3.8) is 0 Å². The molecule has 114 valence electrons. The van der Waals surface area contributed by atoms with E-state index in [0.717, 1.165) is 25.9 Å². The van der Waals surface area contributed by atoms with Gasteiger partial charge in [-0.3, -0.25) is 10.1 Å². The van der Waals surface area contributed by atoms with Crippen LogP contribution in [0.1, 0.15) is 25.3 Å². The number of urea groups is 1. The Hall–Kier alpha value is -1.63. The first-order valence-corrected chi connectivity index (χ1v) is 7.68. The zero-order valence-electron chi connectivity index (χ0n) is 12.1. The van der Waals surface area contributed by atoms with Crippen molar-refractivity contribution in [3.05, 3.63) is 32.3 Å². The van der Waals surface area contributed by atoms with Gasteiger partial charge in [0.05, 0.1) is 10.6 Å². The van der Waals surface area contributed by atoms with Gasteiger partial charge in [-0.2, -0.15) is 0 Å². The summed E-state index contributed by atoms with van der Waals surface area (Å²) in [7, 11) is 0. The fourth-order valence-corrected chi connectivity index (χ4v) is 2.92. The van der Waals surface area contributed by atoms with Crippen molar-refractivity contribution in [2.24, 2.45) is 5.92 Å². The zero-order chi connectivity index (χ0) is 15.6. The molecule has 2 rings (SSSR count). The molecule has 2 amide bonds. The zero-order valence-corrected chi connectivity index (χ0v) is 13.6. The molecule has 1 aromatic carbocycles. The van der Waals surface area contributed by atoms with Gasteiger partial charge in [-0.1, -0.05) is 6.92 Å². The highest BCUT2D eigenvalue weighted by Gasteiger charge is 2.22. The molecule has 1 fully saturated rings. The molecular weight excluding hydrogens is 338 g/mol. The maximum Gasteiger partial charge on any atom is 0.321 e. The molecule has 0 atom stereocenters. The Morgan fingerprint density at radius 2 is 2.05 bits per heavy atom. The second kappa shape index (κ2) is 6.43. The summed E-state index contributed by atoms with van der Waals surface area (Å²) in [5, 5.41) is 13.7. The number of hydrogen-bond donors (Lipinski definition) is 1. The minimum Gasteiger partial charge on any atom is -0.325 e. The molecule has 1 saturated heterocycles. The van der Waals surface area contributed by atoms with Crippen LogP contribution in [0.4, 0.5) is 16.2 Å². The largest absolute Gasteiger partial charge is 0.325 e. The second-order valence-corrected chi connectivity index (χ2v) is 6.33. The summed E-state index contributed by atoms with van der Waals surface area (Å²) in [5.41, 5.74) is 0.980. The number of carbonyl (C=O) groups excluding carboxylic acids is 1. The van der Waals surface area contributed by atoms with E-state index in [0.29, 0.717) is 21.6 Å². The Morgan fingerprint density at radius 1 is 1.43 bits per heavy atom. The van der Waals surface area contributed by atoms with Gasteiger partial charge in [0.1, 0.15) is 0 Å². The number of carbonyl (C=O) groups is 1. The Morgan fingerprint density at radius 3 is 2.62 bits per heavy atom. The number of rotatable bonds is 2. The topological polar surface area (TPSA) is 75.5 Å². The molecule has 0 radical (unpaired) electrons. The van der Waals surface area contributed by atoms with Gasteiger partial charge >= 0.3 is 6.03 Å². The van der Waals surface area contributed by atoms with E-state index in [9.17, 15) is 14.9 Å². The Balaban J connectivity index is 2.13. The highest BCUT2D eigenvalue weighted by Crippen LogP contribution is 2.31. The maximum absolute atomic E-state index is 12.2. The number of hydrogen-bond acceptors (Lipinski definition) is 3. The van der Waals surface area contributed by atoms with Crippen molar-refractivity contribution in [2.45, 2.75) is 26.7 Å². The summed E-state index contributed by atoms with van der Waals surface area (Å²) >= 11 is 3.34. The van der Waals surface area contributed by atoms with Crippen LogP contribution in [-0.4, -0.2) is 28.9 Å². The van der Waals surface area contributed by atoms with Crippen LogP contribution in [0.5, 0.6) is 0 Å². The third-order valence-corrected chi connectivity index (χ3v) is 4.45. The average Bonchev–Trinajstić information content (AvgIpc) is 2.42. The highest BCUT2D eigenvalue weighted by molar-refractivity contribution is 9.10. The van der Waals surface area contributed by atoms with E-state index in [1.165, 1.54) is 6.07 Å². The summed E-state index contributed by atoms with van der Waals surface area (Å²) in [6.07, 6.45) is 1.98. The minimum atomic E-state index is -0.444. The molecule has 21 heavy (non-hydrogen) atoms. The van der Waals surface area contributed by atoms with Crippen LogP contribution >= 0.6 is 15.9 Å². The van der Waals surface area contributed by atoms with Crippen molar-refractivity contribution in [2.75, 3.05) is 18.4 Å². The van der Waals surface area contributed by atoms with Gasteiger partial charge in [0.25, 0.3) is 5.69 Å². The SMILES string of the molecule is Cc1cc(Br)c(NC(=O)N2CCC(C)CC2)cc1[N+](=O)[O-]. The Labute approximate surface area is 131 Å². The van der Waals surface area contributed by atoms with E-state index in [1.807, 2.05) is 0 Å². The molecule has 0 aromatic heterocycles. The molecule has 1 aromatic rings. The molecule has 6 nitrogen and oxygen atoms in total. The molecule has 1 aliphatic heterocycles. The normalized spacial score (nSPS) is 15.9. The molecule has 0 aliphatic carbocycles. The van der Waals surface area contributed by atoms with Crippen LogP contribution in [0.25, 0.3) is 0 Å². The molecule has 0 unspecified atom stereocenters. The molecule has 7 heteroatoms. The van der Waals surface area contributed by atoms with Gasteiger partial charge in [0.15, 0.2) is 0 Å². The number of amides is 2. The van der Waals surface area contributed by atoms with Gasteiger partial charge in [-0.15, -0.1) is 0 Å². The first-order chi connectivity index (χ1) is 9.88. The third kappa shape index (κ3) is 3.72. The first-order valence-electron chi connectivity index (χ1n) is 6.89. The van der Waals surface area contributed by atoms with E-state index in [1.54, 1.807) is 17.9 Å². The summed E-state index contributed by atoms with van der Waals surface area (Å²) < 4.78 is 0.643. The molecule has 1 aliphatic rings. The number of nitrogens with one attached hydrogen (secondary N) is 1. The van der Waals surface area contributed by atoms with Crippen molar-refractivity contribution >= 4 is 33.3 Å². The van der Waals surface area contributed by atoms with Gasteiger partial charge < -0.3 is 10.2 Å². The molecule has 0 spiro atoms. The molecule has 1 N–H and O–H groups in total. The van der Waals surface area contributed by atoms with Gasteiger partial charge in [0.2, 0.25) is 0 Å². The van der Waals surface area contributed by atoms with Crippen LogP contribution in [0.15, 0.2) is 16.6 Å². The van der Waals surface area contributed by atoms with E-state index in [-0.39, 0.29) is 11.7 Å². The lowest BCUT2D eigenvalue weighted by Crippen LogP contribution is -2.40. The fraction of sp³-hybridized carbons (Fsp3) is 0.500. The van der Waals surface area contributed by atoms with Crippen LogP contribution in [0.3, 0.4) is 0 Å². The minimum absolute atomic E-state index is 0.000710. The third-order valence-electron chi connectivity index (χ3n) is 3.79. The number of aryl methyl sites for hydroxylation is 1. The van der Waals surface area contributed by atoms with Crippen molar-refractivity contribution < 1.29 is 9.72 Å². The average molecular weight is 356 g/mol. The van der Waals surface area contributed by atoms with Crippen LogP contribution in [0.2, 0.25) is 0 Å². The summed E-state index contributed by atoms with van der Waals surface area (Å²) in [6.45, 7) is 5.28. The summed E-state index contributed by atoms with van der Waals surface area (Å²) in [6, 6.07) is 2.83. The number of nitro benzene ring substituents is 1. The molecule has 0 saturated carbocycles. The van der Waals surface area contributed by atoms with Gasteiger partial charge in [-0.05, 0) is 47.7 Å². The van der Waals surface area contributed by atoms with Crippen LogP contribution < -0.4 is 5.32 Å². The highest BCUT2D eigenvalue weighted by atomic mass is 79.9. The number of likely N-dealkylation sites (tertiary alicyclic amines) is 1. The molecule has 0 bridgehead atoms. The fourth-order valence-electron chi connectivity index (χ4n) is 2.36. The monoisotopic (exact) mass is 355 g/mol. The van der Waals surface area contributed by atoms with Crippen molar-refractivity contribution in [1.29, 1.82) is 0 Å². The van der Waals surface area contributed by atoms with E-state index < -0.39 is 4.92 Å². The van der Waals surface area contributed by atoms with Crippen molar-refractivity contribution in [1.82, 2.24) is 4.90 Å². The molecule has 1 heterocycles. The number of anilines is 1. The van der Waals surface area contributed by atoms with E-state index >= 15 is 0 Å². The summed E-state index contributed by atoms with van der Waals surface area (Å²) in [5.74, 6) is 0.640. The standard InChI is InChI=1S/C14H18BrN3O3/c1-9-3-5-17(6-4-9)14(19)16-12-8-13(18(20)21)10(2)7-11(12)15/h7-9H,3-6H2,1-2H3,(H,16,19). The lowest BCUT2D eigenvalue weighted by atomic mass is 10.00. The molecular formula is C14H18BrN3O3. The number of piperidine rings is 1. The lowest BCUT2D eigenvalue weighted by Gasteiger charge is -2.30. The van der Waals surface area contributed by atoms with E-state index in [2.05, 4.69) is 28.2 Å². The number of nitrogens with zero attached hydrogens (tertiary/aromatic N) is 2.